The minimum Gasteiger partial charge on any atom is -0.256 e. The summed E-state index contributed by atoms with van der Waals surface area (Å²) in [7, 11) is 0. The monoisotopic (exact) mass is 363 g/mol. The van der Waals surface area contributed by atoms with Gasteiger partial charge in [-0.1, -0.05) is 35.3 Å². The molecule has 0 aliphatic rings. The van der Waals surface area contributed by atoms with Crippen LogP contribution in [0, 0.1) is 10.5 Å². The van der Waals surface area contributed by atoms with Crippen LogP contribution in [0.25, 0.3) is 11.3 Å². The first-order valence-corrected chi connectivity index (χ1v) is 6.50. The molecular formula is C12H8Cl2IN. The van der Waals surface area contributed by atoms with Crippen molar-refractivity contribution in [3.63, 3.8) is 0 Å². The van der Waals surface area contributed by atoms with Gasteiger partial charge in [-0.05, 0) is 47.2 Å². The third kappa shape index (κ3) is 2.19. The molecule has 0 amide bonds. The topological polar surface area (TPSA) is 12.9 Å². The van der Waals surface area contributed by atoms with Gasteiger partial charge in [-0.15, -0.1) is 0 Å². The van der Waals surface area contributed by atoms with Gasteiger partial charge in [-0.2, -0.15) is 0 Å². The summed E-state index contributed by atoms with van der Waals surface area (Å²) in [6.07, 6.45) is 1.78. The van der Waals surface area contributed by atoms with Gasteiger partial charge in [-0.25, -0.2) is 0 Å². The lowest BCUT2D eigenvalue weighted by atomic mass is 10.1. The van der Waals surface area contributed by atoms with E-state index in [-0.39, 0.29) is 0 Å². The predicted molar refractivity (Wildman–Crippen MR) is 77.1 cm³/mol. The Morgan fingerprint density at radius 2 is 1.94 bits per heavy atom. The van der Waals surface area contributed by atoms with Crippen LogP contribution >= 0.6 is 45.8 Å². The SMILES string of the molecule is Cc1c(I)ccnc1-c1cccc(Cl)c1Cl. The maximum Gasteiger partial charge on any atom is 0.0757 e. The second-order valence-electron chi connectivity index (χ2n) is 3.37. The van der Waals surface area contributed by atoms with E-state index in [2.05, 4.69) is 27.6 Å². The van der Waals surface area contributed by atoms with Gasteiger partial charge >= 0.3 is 0 Å². The number of hydrogen-bond donors (Lipinski definition) is 0. The Morgan fingerprint density at radius 1 is 1.19 bits per heavy atom. The maximum atomic E-state index is 6.18. The predicted octanol–water partition coefficient (Wildman–Crippen LogP) is 4.97. The van der Waals surface area contributed by atoms with Crippen LogP contribution in [0.15, 0.2) is 30.5 Å². The second-order valence-corrected chi connectivity index (χ2v) is 5.32. The number of nitrogens with zero attached hydrogens (tertiary/aromatic N) is 1. The molecule has 1 aromatic carbocycles. The van der Waals surface area contributed by atoms with Crippen molar-refractivity contribution in [3.8, 4) is 11.3 Å². The van der Waals surface area contributed by atoms with Crippen molar-refractivity contribution < 1.29 is 0 Å². The number of benzene rings is 1. The van der Waals surface area contributed by atoms with Crippen LogP contribution in [-0.4, -0.2) is 4.98 Å². The quantitative estimate of drug-likeness (QED) is 0.652. The largest absolute Gasteiger partial charge is 0.256 e. The molecule has 0 unspecified atom stereocenters. The molecule has 0 atom stereocenters. The summed E-state index contributed by atoms with van der Waals surface area (Å²) in [5.41, 5.74) is 2.89. The molecule has 0 saturated heterocycles. The molecule has 2 rings (SSSR count). The number of aromatic nitrogens is 1. The highest BCUT2D eigenvalue weighted by Gasteiger charge is 2.11. The van der Waals surface area contributed by atoms with Gasteiger partial charge < -0.3 is 0 Å². The van der Waals surface area contributed by atoms with E-state index in [0.717, 1.165) is 16.8 Å². The molecule has 0 spiro atoms. The molecule has 0 bridgehead atoms. The van der Waals surface area contributed by atoms with E-state index in [0.29, 0.717) is 10.0 Å². The first kappa shape index (κ1) is 12.1. The third-order valence-corrected chi connectivity index (χ3v) is 4.33. The summed E-state index contributed by atoms with van der Waals surface area (Å²) in [4.78, 5) is 4.36. The Morgan fingerprint density at radius 3 is 2.69 bits per heavy atom. The first-order valence-electron chi connectivity index (χ1n) is 4.66. The molecule has 0 N–H and O–H groups in total. The molecule has 0 radical (unpaired) electrons. The van der Waals surface area contributed by atoms with Crippen LogP contribution in [0.2, 0.25) is 10.0 Å². The highest BCUT2D eigenvalue weighted by atomic mass is 127. The molecule has 0 saturated carbocycles. The molecule has 2 aromatic rings. The Labute approximate surface area is 118 Å². The zero-order valence-corrected chi connectivity index (χ0v) is 12.1. The Balaban J connectivity index is 2.68. The summed E-state index contributed by atoms with van der Waals surface area (Å²) in [5.74, 6) is 0. The number of hydrogen-bond acceptors (Lipinski definition) is 1. The van der Waals surface area contributed by atoms with Gasteiger partial charge in [0, 0.05) is 15.3 Å². The van der Waals surface area contributed by atoms with Crippen LogP contribution in [0.4, 0.5) is 0 Å². The highest BCUT2D eigenvalue weighted by molar-refractivity contribution is 14.1. The Hall–Kier alpha value is -0.320. The van der Waals surface area contributed by atoms with Gasteiger partial charge in [0.1, 0.15) is 0 Å². The van der Waals surface area contributed by atoms with Gasteiger partial charge in [0.25, 0.3) is 0 Å². The molecule has 82 valence electrons. The molecule has 16 heavy (non-hydrogen) atoms. The fourth-order valence-corrected chi connectivity index (χ4v) is 2.28. The smallest absolute Gasteiger partial charge is 0.0757 e. The van der Waals surface area contributed by atoms with E-state index < -0.39 is 0 Å². The number of pyridine rings is 1. The molecule has 1 heterocycles. The van der Waals surface area contributed by atoms with E-state index in [4.69, 9.17) is 23.2 Å². The second kappa shape index (κ2) is 4.90. The van der Waals surface area contributed by atoms with Crippen molar-refractivity contribution in [2.75, 3.05) is 0 Å². The van der Waals surface area contributed by atoms with E-state index in [1.54, 1.807) is 12.3 Å². The average Bonchev–Trinajstić information content (AvgIpc) is 2.27. The van der Waals surface area contributed by atoms with Crippen LogP contribution in [0.5, 0.6) is 0 Å². The summed E-state index contributed by atoms with van der Waals surface area (Å²) in [6.45, 7) is 2.03. The van der Waals surface area contributed by atoms with Gasteiger partial charge in [0.05, 0.1) is 15.7 Å². The van der Waals surface area contributed by atoms with Crippen LogP contribution < -0.4 is 0 Å². The van der Waals surface area contributed by atoms with Crippen molar-refractivity contribution in [1.82, 2.24) is 4.98 Å². The van der Waals surface area contributed by atoms with Crippen molar-refractivity contribution in [3.05, 3.63) is 49.6 Å². The van der Waals surface area contributed by atoms with E-state index in [1.807, 2.05) is 25.1 Å². The number of halogens is 3. The van der Waals surface area contributed by atoms with Crippen LogP contribution in [-0.2, 0) is 0 Å². The third-order valence-electron chi connectivity index (χ3n) is 2.34. The van der Waals surface area contributed by atoms with Crippen LogP contribution in [0.1, 0.15) is 5.56 Å². The molecule has 1 nitrogen and oxygen atoms in total. The lowest BCUT2D eigenvalue weighted by Gasteiger charge is -2.09. The lowest BCUT2D eigenvalue weighted by molar-refractivity contribution is 1.25. The molecule has 0 aliphatic heterocycles. The summed E-state index contributed by atoms with van der Waals surface area (Å²) < 4.78 is 1.17. The summed E-state index contributed by atoms with van der Waals surface area (Å²) in [5, 5.41) is 1.11. The van der Waals surface area contributed by atoms with E-state index in [9.17, 15) is 0 Å². The highest BCUT2D eigenvalue weighted by Crippen LogP contribution is 2.34. The van der Waals surface area contributed by atoms with Gasteiger partial charge in [0.2, 0.25) is 0 Å². The van der Waals surface area contributed by atoms with Crippen molar-refractivity contribution in [1.29, 1.82) is 0 Å². The maximum absolute atomic E-state index is 6.18. The summed E-state index contributed by atoms with van der Waals surface area (Å²) >= 11 is 14.5. The van der Waals surface area contributed by atoms with Crippen molar-refractivity contribution in [2.24, 2.45) is 0 Å². The van der Waals surface area contributed by atoms with E-state index in [1.165, 1.54) is 3.57 Å². The fraction of sp³-hybridized carbons (Fsp3) is 0.0833. The van der Waals surface area contributed by atoms with Crippen molar-refractivity contribution in [2.45, 2.75) is 6.92 Å². The Bertz CT molecular complexity index is 491. The minimum absolute atomic E-state index is 0.555. The standard InChI is InChI=1S/C12H8Cl2IN/c1-7-10(15)5-6-16-12(7)8-3-2-4-9(13)11(8)14/h2-6H,1H3. The molecule has 4 heteroatoms. The van der Waals surface area contributed by atoms with Gasteiger partial charge in [0.15, 0.2) is 0 Å². The Kier molecular flexibility index (Phi) is 3.72. The fourth-order valence-electron chi connectivity index (χ4n) is 1.47. The summed E-state index contributed by atoms with van der Waals surface area (Å²) in [6, 6.07) is 7.55. The molecule has 0 aliphatic carbocycles. The lowest BCUT2D eigenvalue weighted by Crippen LogP contribution is -1.91. The molecule has 1 aromatic heterocycles. The molecule has 0 fully saturated rings. The van der Waals surface area contributed by atoms with Gasteiger partial charge in [-0.3, -0.25) is 4.98 Å². The average molecular weight is 364 g/mol. The normalized spacial score (nSPS) is 10.5. The number of rotatable bonds is 1. The zero-order valence-electron chi connectivity index (χ0n) is 8.47. The molecular weight excluding hydrogens is 356 g/mol. The van der Waals surface area contributed by atoms with E-state index >= 15 is 0 Å². The van der Waals surface area contributed by atoms with Crippen LogP contribution in [0.3, 0.4) is 0 Å². The van der Waals surface area contributed by atoms with Crippen molar-refractivity contribution >= 4 is 45.8 Å². The first-order chi connectivity index (χ1) is 7.61. The minimum atomic E-state index is 0.555. The zero-order chi connectivity index (χ0) is 11.7.